The lowest BCUT2D eigenvalue weighted by Crippen LogP contribution is -2.50. The summed E-state index contributed by atoms with van der Waals surface area (Å²) in [6.45, 7) is 3.84. The number of aryl methyl sites for hydroxylation is 1. The van der Waals surface area contributed by atoms with Gasteiger partial charge in [0.1, 0.15) is 0 Å². The average molecular weight is 264 g/mol. The summed E-state index contributed by atoms with van der Waals surface area (Å²) in [6, 6.07) is 2.82. The molecule has 1 N–H and O–H groups in total. The van der Waals surface area contributed by atoms with Crippen LogP contribution in [0.15, 0.2) is 11.4 Å². The highest BCUT2D eigenvalue weighted by atomic mass is 32.1. The molecule has 4 heteroatoms. The molecule has 1 saturated carbocycles. The van der Waals surface area contributed by atoms with E-state index in [2.05, 4.69) is 23.7 Å². The Balaban J connectivity index is 1.64. The van der Waals surface area contributed by atoms with Crippen molar-refractivity contribution in [3.05, 3.63) is 21.9 Å². The highest BCUT2D eigenvalue weighted by Crippen LogP contribution is 2.24. The van der Waals surface area contributed by atoms with Crippen LogP contribution in [0.5, 0.6) is 0 Å². The predicted molar refractivity (Wildman–Crippen MR) is 73.7 cm³/mol. The van der Waals surface area contributed by atoms with Crippen LogP contribution in [0.3, 0.4) is 0 Å². The largest absolute Gasteiger partial charge is 0.336 e. The molecule has 0 spiro atoms. The first-order valence-corrected chi connectivity index (χ1v) is 7.70. The number of nitrogens with zero attached hydrogens (tertiary/aromatic N) is 1. The molecule has 18 heavy (non-hydrogen) atoms. The van der Waals surface area contributed by atoms with E-state index in [0.717, 1.165) is 25.9 Å². The average Bonchev–Trinajstić information content (AvgIpc) is 3.08. The molecule has 1 aromatic rings. The van der Waals surface area contributed by atoms with E-state index in [4.69, 9.17) is 0 Å². The molecule has 1 aromatic heterocycles. The van der Waals surface area contributed by atoms with Crippen molar-refractivity contribution in [2.75, 3.05) is 6.54 Å². The third-order valence-electron chi connectivity index (χ3n) is 3.85. The number of carbonyl (C=O) groups excluding carboxylic acids is 1. The van der Waals surface area contributed by atoms with Gasteiger partial charge in [0.25, 0.3) is 0 Å². The molecule has 1 atom stereocenters. The summed E-state index contributed by atoms with van der Waals surface area (Å²) in [6.07, 6.45) is 4.62. The highest BCUT2D eigenvalue weighted by molar-refractivity contribution is 7.10. The maximum absolute atomic E-state index is 12.4. The Morgan fingerprint density at radius 2 is 2.28 bits per heavy atom. The number of hydrogen-bond donors (Lipinski definition) is 1. The van der Waals surface area contributed by atoms with Gasteiger partial charge < -0.3 is 10.2 Å². The van der Waals surface area contributed by atoms with E-state index >= 15 is 0 Å². The summed E-state index contributed by atoms with van der Waals surface area (Å²) in [4.78, 5) is 15.8. The first-order chi connectivity index (χ1) is 8.74. The Morgan fingerprint density at radius 3 is 2.94 bits per heavy atom. The second kappa shape index (κ2) is 5.02. The van der Waals surface area contributed by atoms with Crippen molar-refractivity contribution in [1.29, 1.82) is 0 Å². The van der Waals surface area contributed by atoms with Gasteiger partial charge in [0.15, 0.2) is 0 Å². The Bertz CT molecular complexity index is 439. The predicted octanol–water partition coefficient (Wildman–Crippen LogP) is 2.30. The van der Waals surface area contributed by atoms with Gasteiger partial charge in [-0.3, -0.25) is 4.79 Å². The van der Waals surface area contributed by atoms with Crippen LogP contribution in [0.25, 0.3) is 0 Å². The Hall–Kier alpha value is -0.870. The number of carbonyl (C=O) groups is 1. The van der Waals surface area contributed by atoms with Crippen molar-refractivity contribution >= 4 is 17.2 Å². The number of likely N-dealkylation sites (tertiary alicyclic amines) is 1. The van der Waals surface area contributed by atoms with Crippen LogP contribution in [0.2, 0.25) is 0 Å². The Labute approximate surface area is 112 Å². The highest BCUT2D eigenvalue weighted by Gasteiger charge is 2.33. The minimum absolute atomic E-state index is 0.0755. The molecule has 1 saturated heterocycles. The minimum atomic E-state index is 0.0755. The third-order valence-corrected chi connectivity index (χ3v) is 4.86. The maximum atomic E-state index is 12.4. The number of nitrogens with one attached hydrogen (secondary N) is 1. The van der Waals surface area contributed by atoms with Crippen molar-refractivity contribution in [1.82, 2.24) is 10.2 Å². The fourth-order valence-corrected chi connectivity index (χ4v) is 3.45. The minimum Gasteiger partial charge on any atom is -0.336 e. The van der Waals surface area contributed by atoms with E-state index < -0.39 is 0 Å². The SMILES string of the molecule is Cc1ccsc1CN1CCCC(NC2CC2)C1=O. The van der Waals surface area contributed by atoms with Gasteiger partial charge in [0, 0.05) is 17.5 Å². The second-order valence-electron chi connectivity index (χ2n) is 5.42. The number of piperidine rings is 1. The molecule has 0 radical (unpaired) electrons. The van der Waals surface area contributed by atoms with Gasteiger partial charge in [-0.25, -0.2) is 0 Å². The normalized spacial score (nSPS) is 24.6. The van der Waals surface area contributed by atoms with E-state index in [1.165, 1.54) is 23.3 Å². The molecular formula is C14H20N2OS. The van der Waals surface area contributed by atoms with Gasteiger partial charge in [-0.2, -0.15) is 0 Å². The van der Waals surface area contributed by atoms with Gasteiger partial charge in [-0.1, -0.05) is 0 Å². The van der Waals surface area contributed by atoms with E-state index in [-0.39, 0.29) is 6.04 Å². The fraction of sp³-hybridized carbons (Fsp3) is 0.643. The molecule has 1 aliphatic carbocycles. The van der Waals surface area contributed by atoms with E-state index in [9.17, 15) is 4.79 Å². The number of amides is 1. The molecule has 3 rings (SSSR count). The molecular weight excluding hydrogens is 244 g/mol. The molecule has 1 amide bonds. The standard InChI is InChI=1S/C14H20N2OS/c1-10-6-8-18-13(10)9-16-7-2-3-12(14(16)17)15-11-4-5-11/h6,8,11-12,15H,2-5,7,9H2,1H3. The van der Waals surface area contributed by atoms with E-state index in [1.54, 1.807) is 11.3 Å². The van der Waals surface area contributed by atoms with E-state index in [1.807, 2.05) is 4.90 Å². The van der Waals surface area contributed by atoms with Crippen molar-refractivity contribution in [3.63, 3.8) is 0 Å². The van der Waals surface area contributed by atoms with Crippen LogP contribution in [0, 0.1) is 6.92 Å². The van der Waals surface area contributed by atoms with Crippen molar-refractivity contribution in [3.8, 4) is 0 Å². The third kappa shape index (κ3) is 2.59. The summed E-state index contributed by atoms with van der Waals surface area (Å²) >= 11 is 1.76. The molecule has 3 nitrogen and oxygen atoms in total. The first-order valence-electron chi connectivity index (χ1n) is 6.82. The fourth-order valence-electron chi connectivity index (χ4n) is 2.53. The zero-order valence-electron chi connectivity index (χ0n) is 10.8. The lowest BCUT2D eigenvalue weighted by molar-refractivity contribution is -0.136. The molecule has 1 aliphatic heterocycles. The van der Waals surface area contributed by atoms with Crippen LogP contribution >= 0.6 is 11.3 Å². The summed E-state index contributed by atoms with van der Waals surface area (Å²) < 4.78 is 0. The number of thiophene rings is 1. The lowest BCUT2D eigenvalue weighted by atomic mass is 10.0. The van der Waals surface area contributed by atoms with Gasteiger partial charge >= 0.3 is 0 Å². The number of rotatable bonds is 4. The Kier molecular flexibility index (Phi) is 3.39. The molecule has 2 heterocycles. The van der Waals surface area contributed by atoms with Gasteiger partial charge in [-0.15, -0.1) is 11.3 Å². The van der Waals surface area contributed by atoms with Crippen LogP contribution in [-0.4, -0.2) is 29.4 Å². The van der Waals surface area contributed by atoms with Crippen LogP contribution < -0.4 is 5.32 Å². The molecule has 1 unspecified atom stereocenters. The van der Waals surface area contributed by atoms with Gasteiger partial charge in [-0.05, 0) is 49.6 Å². The van der Waals surface area contributed by atoms with Crippen LogP contribution in [-0.2, 0) is 11.3 Å². The van der Waals surface area contributed by atoms with E-state index in [0.29, 0.717) is 11.9 Å². The number of hydrogen-bond acceptors (Lipinski definition) is 3. The van der Waals surface area contributed by atoms with Crippen molar-refractivity contribution in [2.45, 2.75) is 51.2 Å². The Morgan fingerprint density at radius 1 is 1.44 bits per heavy atom. The van der Waals surface area contributed by atoms with Gasteiger partial charge in [0.05, 0.1) is 12.6 Å². The van der Waals surface area contributed by atoms with Crippen molar-refractivity contribution in [2.24, 2.45) is 0 Å². The topological polar surface area (TPSA) is 32.3 Å². The summed E-state index contributed by atoms with van der Waals surface area (Å²) in [5, 5.41) is 5.59. The maximum Gasteiger partial charge on any atom is 0.240 e. The summed E-state index contributed by atoms with van der Waals surface area (Å²) in [7, 11) is 0. The quantitative estimate of drug-likeness (QED) is 0.905. The first kappa shape index (κ1) is 12.2. The summed E-state index contributed by atoms with van der Waals surface area (Å²) in [5.74, 6) is 0.306. The molecule has 0 aromatic carbocycles. The van der Waals surface area contributed by atoms with Crippen LogP contribution in [0.1, 0.15) is 36.1 Å². The van der Waals surface area contributed by atoms with Crippen molar-refractivity contribution < 1.29 is 4.79 Å². The van der Waals surface area contributed by atoms with Gasteiger partial charge in [0.2, 0.25) is 5.91 Å². The molecule has 2 aliphatic rings. The molecule has 0 bridgehead atoms. The molecule has 2 fully saturated rings. The monoisotopic (exact) mass is 264 g/mol. The summed E-state index contributed by atoms with van der Waals surface area (Å²) in [5.41, 5.74) is 1.31. The lowest BCUT2D eigenvalue weighted by Gasteiger charge is -2.32. The molecule has 98 valence electrons. The zero-order valence-corrected chi connectivity index (χ0v) is 11.6. The second-order valence-corrected chi connectivity index (χ2v) is 6.42. The van der Waals surface area contributed by atoms with Crippen LogP contribution in [0.4, 0.5) is 0 Å². The zero-order chi connectivity index (χ0) is 12.5. The smallest absolute Gasteiger partial charge is 0.240 e.